The van der Waals surface area contributed by atoms with Gasteiger partial charge >= 0.3 is 5.97 Å². The lowest BCUT2D eigenvalue weighted by molar-refractivity contribution is -0.146. The summed E-state index contributed by atoms with van der Waals surface area (Å²) in [6.07, 6.45) is 0.543. The van der Waals surface area contributed by atoms with Gasteiger partial charge in [-0.3, -0.25) is 9.59 Å². The summed E-state index contributed by atoms with van der Waals surface area (Å²) >= 11 is 3.40. The number of halogens is 1. The first-order valence-corrected chi connectivity index (χ1v) is 6.67. The molecule has 1 spiro atoms. The van der Waals surface area contributed by atoms with Crippen LogP contribution in [0.25, 0.3) is 0 Å². The van der Waals surface area contributed by atoms with Crippen LogP contribution in [0.1, 0.15) is 18.9 Å². The van der Waals surface area contributed by atoms with Gasteiger partial charge in [0.15, 0.2) is 0 Å². The van der Waals surface area contributed by atoms with Gasteiger partial charge < -0.3 is 10.1 Å². The van der Waals surface area contributed by atoms with Gasteiger partial charge in [0.05, 0.1) is 17.9 Å². The Morgan fingerprint density at radius 2 is 2.39 bits per heavy atom. The standard InChI is InChI=1S/C13H12BrNO3/c1-2-18-11(16)9-6-13(9)8-5-7(14)3-4-10(8)15-12(13)17/h3-5,9H,2,6H2,1H3,(H,15,17)/t9-,13-/m1/s1. The second-order valence-corrected chi connectivity index (χ2v) is 5.54. The van der Waals surface area contributed by atoms with Gasteiger partial charge in [0.25, 0.3) is 0 Å². The van der Waals surface area contributed by atoms with Crippen LogP contribution < -0.4 is 5.32 Å². The molecular formula is C13H12BrNO3. The van der Waals surface area contributed by atoms with Gasteiger partial charge in [0.2, 0.25) is 5.91 Å². The molecule has 4 nitrogen and oxygen atoms in total. The molecule has 1 heterocycles. The fourth-order valence-electron chi connectivity index (χ4n) is 2.69. The average molecular weight is 310 g/mol. The minimum Gasteiger partial charge on any atom is -0.466 e. The van der Waals surface area contributed by atoms with Crippen LogP contribution in [-0.2, 0) is 19.7 Å². The van der Waals surface area contributed by atoms with Crippen molar-refractivity contribution < 1.29 is 14.3 Å². The summed E-state index contributed by atoms with van der Waals surface area (Å²) in [5, 5.41) is 2.84. The van der Waals surface area contributed by atoms with E-state index in [2.05, 4.69) is 21.2 Å². The van der Waals surface area contributed by atoms with Crippen LogP contribution in [0.3, 0.4) is 0 Å². The largest absolute Gasteiger partial charge is 0.466 e. The molecule has 1 saturated carbocycles. The lowest BCUT2D eigenvalue weighted by atomic mass is 9.95. The molecule has 0 unspecified atom stereocenters. The topological polar surface area (TPSA) is 55.4 Å². The Hall–Kier alpha value is -1.36. The fraction of sp³-hybridized carbons (Fsp3) is 0.385. The van der Waals surface area contributed by atoms with Crippen molar-refractivity contribution >= 4 is 33.5 Å². The molecule has 1 amide bonds. The van der Waals surface area contributed by atoms with Crippen LogP contribution >= 0.6 is 15.9 Å². The predicted molar refractivity (Wildman–Crippen MR) is 69.2 cm³/mol. The van der Waals surface area contributed by atoms with Gasteiger partial charge in [0, 0.05) is 10.2 Å². The molecule has 94 valence electrons. The predicted octanol–water partition coefficient (Wildman–Crippen LogP) is 2.22. The van der Waals surface area contributed by atoms with Crippen LogP contribution in [0, 0.1) is 5.92 Å². The molecule has 1 aromatic carbocycles. The third-order valence-electron chi connectivity index (χ3n) is 3.65. The summed E-state index contributed by atoms with van der Waals surface area (Å²) in [5.74, 6) is -0.706. The molecule has 3 rings (SSSR count). The van der Waals surface area contributed by atoms with Crippen LogP contribution in [0.5, 0.6) is 0 Å². The fourth-order valence-corrected chi connectivity index (χ4v) is 3.05. The van der Waals surface area contributed by atoms with E-state index >= 15 is 0 Å². The Bertz CT molecular complexity index is 557. The molecule has 5 heteroatoms. The number of carbonyl (C=O) groups is 2. The van der Waals surface area contributed by atoms with Crippen molar-refractivity contribution in [3.8, 4) is 0 Å². The second-order valence-electron chi connectivity index (χ2n) is 4.62. The highest BCUT2D eigenvalue weighted by atomic mass is 79.9. The van der Waals surface area contributed by atoms with Crippen LogP contribution in [0.4, 0.5) is 5.69 Å². The quantitative estimate of drug-likeness (QED) is 0.852. The van der Waals surface area contributed by atoms with E-state index in [0.29, 0.717) is 13.0 Å². The number of esters is 1. The number of benzene rings is 1. The summed E-state index contributed by atoms with van der Waals surface area (Å²) in [7, 11) is 0. The number of anilines is 1. The van der Waals surface area contributed by atoms with Crippen LogP contribution in [0.2, 0.25) is 0 Å². The molecule has 0 bridgehead atoms. The lowest BCUT2D eigenvalue weighted by Gasteiger charge is -2.08. The van der Waals surface area contributed by atoms with Gasteiger partial charge in [-0.05, 0) is 37.1 Å². The zero-order valence-electron chi connectivity index (χ0n) is 9.83. The molecule has 0 saturated heterocycles. The Balaban J connectivity index is 1.99. The number of nitrogens with one attached hydrogen (secondary N) is 1. The first-order chi connectivity index (χ1) is 8.59. The van der Waals surface area contributed by atoms with E-state index in [-0.39, 0.29) is 17.8 Å². The van der Waals surface area contributed by atoms with Crippen molar-refractivity contribution in [2.45, 2.75) is 18.8 Å². The second kappa shape index (κ2) is 3.82. The van der Waals surface area contributed by atoms with Crippen molar-refractivity contribution in [2.24, 2.45) is 5.92 Å². The minimum absolute atomic E-state index is 0.0892. The van der Waals surface area contributed by atoms with Crippen molar-refractivity contribution in [3.05, 3.63) is 28.2 Å². The van der Waals surface area contributed by atoms with Crippen molar-refractivity contribution in [1.82, 2.24) is 0 Å². The van der Waals surface area contributed by atoms with E-state index in [1.807, 2.05) is 18.2 Å². The number of ether oxygens (including phenoxy) is 1. The molecular weight excluding hydrogens is 298 g/mol. The molecule has 0 radical (unpaired) electrons. The molecule has 0 aromatic heterocycles. The lowest BCUT2D eigenvalue weighted by Crippen LogP contribution is -2.25. The van der Waals surface area contributed by atoms with Crippen LogP contribution in [0.15, 0.2) is 22.7 Å². The zero-order valence-corrected chi connectivity index (χ0v) is 11.4. The first kappa shape index (κ1) is 11.7. The van der Waals surface area contributed by atoms with Gasteiger partial charge in [-0.1, -0.05) is 15.9 Å². The maximum absolute atomic E-state index is 12.1. The summed E-state index contributed by atoms with van der Waals surface area (Å²) in [4.78, 5) is 23.9. The minimum atomic E-state index is -0.689. The van der Waals surface area contributed by atoms with Crippen molar-refractivity contribution in [1.29, 1.82) is 0 Å². The molecule has 1 aliphatic carbocycles. The average Bonchev–Trinajstić information content (AvgIpc) is 3.02. The Kier molecular flexibility index (Phi) is 2.48. The molecule has 1 aromatic rings. The summed E-state index contributed by atoms with van der Waals surface area (Å²) in [6, 6.07) is 5.64. The van der Waals surface area contributed by atoms with E-state index in [0.717, 1.165) is 15.7 Å². The summed E-state index contributed by atoms with van der Waals surface area (Å²) in [6.45, 7) is 2.12. The van der Waals surface area contributed by atoms with E-state index in [1.165, 1.54) is 0 Å². The van der Waals surface area contributed by atoms with Gasteiger partial charge in [0.1, 0.15) is 0 Å². The van der Waals surface area contributed by atoms with E-state index in [4.69, 9.17) is 4.74 Å². The van der Waals surface area contributed by atoms with Gasteiger partial charge in [-0.25, -0.2) is 0 Å². The van der Waals surface area contributed by atoms with Crippen molar-refractivity contribution in [3.63, 3.8) is 0 Å². The molecule has 2 atom stereocenters. The molecule has 18 heavy (non-hydrogen) atoms. The maximum atomic E-state index is 12.1. The number of rotatable bonds is 2. The maximum Gasteiger partial charge on any atom is 0.310 e. The molecule has 2 aliphatic rings. The smallest absolute Gasteiger partial charge is 0.310 e. The van der Waals surface area contributed by atoms with Crippen LogP contribution in [-0.4, -0.2) is 18.5 Å². The van der Waals surface area contributed by atoms with E-state index in [1.54, 1.807) is 6.92 Å². The van der Waals surface area contributed by atoms with E-state index in [9.17, 15) is 9.59 Å². The highest BCUT2D eigenvalue weighted by molar-refractivity contribution is 9.10. The Morgan fingerprint density at radius 1 is 1.61 bits per heavy atom. The first-order valence-electron chi connectivity index (χ1n) is 5.87. The third-order valence-corrected chi connectivity index (χ3v) is 4.14. The number of hydrogen-bond acceptors (Lipinski definition) is 3. The Labute approximate surface area is 113 Å². The highest BCUT2D eigenvalue weighted by Crippen LogP contribution is 2.60. The van der Waals surface area contributed by atoms with Gasteiger partial charge in [-0.15, -0.1) is 0 Å². The number of hydrogen-bond donors (Lipinski definition) is 1. The number of fused-ring (bicyclic) bond motifs is 2. The molecule has 1 aliphatic heterocycles. The molecule has 1 fully saturated rings. The van der Waals surface area contributed by atoms with E-state index < -0.39 is 5.41 Å². The summed E-state index contributed by atoms with van der Waals surface area (Å²) < 4.78 is 5.92. The highest BCUT2D eigenvalue weighted by Gasteiger charge is 2.68. The molecule has 1 N–H and O–H groups in total. The van der Waals surface area contributed by atoms with Crippen molar-refractivity contribution in [2.75, 3.05) is 11.9 Å². The monoisotopic (exact) mass is 309 g/mol. The van der Waals surface area contributed by atoms with Gasteiger partial charge in [-0.2, -0.15) is 0 Å². The number of carbonyl (C=O) groups excluding carboxylic acids is 2. The summed E-state index contributed by atoms with van der Waals surface area (Å²) in [5.41, 5.74) is 1.01. The zero-order chi connectivity index (χ0) is 12.9. The Morgan fingerprint density at radius 3 is 3.11 bits per heavy atom. The third kappa shape index (κ3) is 1.43. The normalized spacial score (nSPS) is 27.9. The number of amides is 1. The SMILES string of the molecule is CCOC(=O)[C@H]1C[C@]12C(=O)Nc1ccc(Br)cc12.